The summed E-state index contributed by atoms with van der Waals surface area (Å²) in [7, 11) is 0. The molecule has 0 radical (unpaired) electrons. The van der Waals surface area contributed by atoms with E-state index in [1.165, 1.54) is 12.3 Å². The number of allylic oxidation sites excluding steroid dienone is 3. The van der Waals surface area contributed by atoms with Gasteiger partial charge in [0.05, 0.1) is 0 Å². The Morgan fingerprint density at radius 1 is 1.52 bits per heavy atom. The number of rotatable bonds is 3. The summed E-state index contributed by atoms with van der Waals surface area (Å²) < 4.78 is 0. The van der Waals surface area contributed by atoms with E-state index in [1.54, 1.807) is 12.2 Å². The topological polar surface area (TPSA) is 88.0 Å². The standard InChI is InChI=1S/C20H23N3O2/c1-4-6-13-17(5-2)22-11-14(18(13)24)19(25)23-12-9-15-16(21)7-8-20(15,3)10-12/h4-6,9-11,16,22H,1,7-8,21H2,2-3H3,(H,23,25)/b13-6+,17-5+. The van der Waals surface area contributed by atoms with E-state index in [-0.39, 0.29) is 22.4 Å². The maximum Gasteiger partial charge on any atom is 0.261 e. The third-order valence-electron chi connectivity index (χ3n) is 5.05. The molecule has 0 saturated heterocycles. The highest BCUT2D eigenvalue weighted by molar-refractivity contribution is 5.95. The Labute approximate surface area is 146 Å². The van der Waals surface area contributed by atoms with Crippen molar-refractivity contribution in [3.63, 3.8) is 0 Å². The SMILES string of the molecule is C=C/C=c1/c(=O)c(C(=O)NC2=CC3(C)CCC(N)C3=C2)c[nH]/c1=C/C. The summed E-state index contributed by atoms with van der Waals surface area (Å²) in [5.41, 5.74) is 7.65. The van der Waals surface area contributed by atoms with Crippen LogP contribution in [0.15, 0.2) is 47.1 Å². The van der Waals surface area contributed by atoms with Crippen LogP contribution in [0.3, 0.4) is 0 Å². The number of aromatic amines is 1. The molecule has 1 aromatic rings. The van der Waals surface area contributed by atoms with Crippen LogP contribution >= 0.6 is 0 Å². The molecule has 0 aromatic carbocycles. The van der Waals surface area contributed by atoms with Gasteiger partial charge in [0.25, 0.3) is 5.91 Å². The van der Waals surface area contributed by atoms with Crippen LogP contribution in [0.4, 0.5) is 0 Å². The Bertz CT molecular complexity index is 981. The second-order valence-electron chi connectivity index (χ2n) is 6.77. The summed E-state index contributed by atoms with van der Waals surface area (Å²) in [6.07, 6.45) is 12.3. The molecular formula is C20H23N3O2. The highest BCUT2D eigenvalue weighted by atomic mass is 16.2. The van der Waals surface area contributed by atoms with E-state index in [4.69, 9.17) is 5.73 Å². The minimum absolute atomic E-state index is 0.0345. The van der Waals surface area contributed by atoms with Crippen LogP contribution in [-0.2, 0) is 0 Å². The Morgan fingerprint density at radius 2 is 2.28 bits per heavy atom. The van der Waals surface area contributed by atoms with Crippen LogP contribution in [-0.4, -0.2) is 16.9 Å². The number of nitrogens with one attached hydrogen (secondary N) is 2. The zero-order valence-corrected chi connectivity index (χ0v) is 14.6. The van der Waals surface area contributed by atoms with E-state index in [2.05, 4.69) is 23.8 Å². The van der Waals surface area contributed by atoms with E-state index in [9.17, 15) is 9.59 Å². The molecule has 4 N–H and O–H groups in total. The smallest absolute Gasteiger partial charge is 0.261 e. The molecule has 5 heteroatoms. The van der Waals surface area contributed by atoms with Crippen molar-refractivity contribution in [3.05, 3.63) is 68.6 Å². The Balaban J connectivity index is 1.94. The first-order chi connectivity index (χ1) is 11.9. The van der Waals surface area contributed by atoms with Gasteiger partial charge in [-0.1, -0.05) is 31.7 Å². The maximum atomic E-state index is 12.6. The van der Waals surface area contributed by atoms with Gasteiger partial charge < -0.3 is 16.0 Å². The van der Waals surface area contributed by atoms with E-state index >= 15 is 0 Å². The molecule has 1 aromatic heterocycles. The number of H-pyrrole nitrogens is 1. The van der Waals surface area contributed by atoms with Gasteiger partial charge in [-0.25, -0.2) is 0 Å². The highest BCUT2D eigenvalue weighted by Gasteiger charge is 2.40. The molecule has 1 amide bonds. The summed E-state index contributed by atoms with van der Waals surface area (Å²) in [5, 5.41) is 3.93. The van der Waals surface area contributed by atoms with Crippen LogP contribution < -0.4 is 27.0 Å². The molecule has 1 saturated carbocycles. The molecule has 2 aliphatic rings. The zero-order valence-electron chi connectivity index (χ0n) is 14.6. The predicted molar refractivity (Wildman–Crippen MR) is 100 cm³/mol. The fraction of sp³-hybridized carbons (Fsp3) is 0.300. The lowest BCUT2D eigenvalue weighted by Crippen LogP contribution is -2.45. The van der Waals surface area contributed by atoms with Crippen molar-refractivity contribution in [2.75, 3.05) is 0 Å². The summed E-state index contributed by atoms with van der Waals surface area (Å²) in [5.74, 6) is -0.428. The molecule has 1 heterocycles. The first-order valence-corrected chi connectivity index (χ1v) is 8.42. The van der Waals surface area contributed by atoms with E-state index in [1.807, 2.05) is 19.1 Å². The molecule has 2 unspecified atom stereocenters. The van der Waals surface area contributed by atoms with Crippen molar-refractivity contribution in [3.8, 4) is 0 Å². The molecule has 25 heavy (non-hydrogen) atoms. The van der Waals surface area contributed by atoms with Gasteiger partial charge >= 0.3 is 0 Å². The van der Waals surface area contributed by atoms with Gasteiger partial charge in [0, 0.05) is 33.9 Å². The molecule has 1 fully saturated rings. The monoisotopic (exact) mass is 337 g/mol. The number of pyridine rings is 1. The van der Waals surface area contributed by atoms with Gasteiger partial charge in [-0.3, -0.25) is 9.59 Å². The molecule has 5 nitrogen and oxygen atoms in total. The van der Waals surface area contributed by atoms with E-state index in [0.717, 1.165) is 18.4 Å². The predicted octanol–water partition coefficient (Wildman–Crippen LogP) is 0.823. The van der Waals surface area contributed by atoms with E-state index in [0.29, 0.717) is 16.3 Å². The minimum Gasteiger partial charge on any atom is -0.360 e. The van der Waals surface area contributed by atoms with Crippen molar-refractivity contribution in [1.29, 1.82) is 0 Å². The van der Waals surface area contributed by atoms with Crippen molar-refractivity contribution >= 4 is 18.1 Å². The number of carbonyl (C=O) groups is 1. The minimum atomic E-state index is -0.428. The second kappa shape index (κ2) is 6.33. The van der Waals surface area contributed by atoms with Gasteiger partial charge in [-0.2, -0.15) is 0 Å². The quantitative estimate of drug-likeness (QED) is 0.763. The fourth-order valence-electron chi connectivity index (χ4n) is 3.68. The third-order valence-corrected chi connectivity index (χ3v) is 5.05. The van der Waals surface area contributed by atoms with Gasteiger partial charge in [0.2, 0.25) is 5.43 Å². The van der Waals surface area contributed by atoms with Gasteiger partial charge in [-0.05, 0) is 37.5 Å². The number of fused-ring (bicyclic) bond motifs is 1. The lowest BCUT2D eigenvalue weighted by molar-refractivity contribution is 0.0965. The summed E-state index contributed by atoms with van der Waals surface area (Å²) in [6.45, 7) is 7.57. The molecule has 130 valence electrons. The summed E-state index contributed by atoms with van der Waals surface area (Å²) in [4.78, 5) is 28.2. The number of aromatic nitrogens is 1. The molecule has 2 aliphatic carbocycles. The normalized spacial score (nSPS) is 26.3. The maximum absolute atomic E-state index is 12.6. The van der Waals surface area contributed by atoms with Gasteiger partial charge in [-0.15, -0.1) is 0 Å². The molecule has 3 rings (SSSR count). The number of hydrogen-bond acceptors (Lipinski definition) is 3. The van der Waals surface area contributed by atoms with Gasteiger partial charge in [0.1, 0.15) is 5.56 Å². The first-order valence-electron chi connectivity index (χ1n) is 8.42. The van der Waals surface area contributed by atoms with Crippen molar-refractivity contribution in [2.45, 2.75) is 32.7 Å². The first kappa shape index (κ1) is 17.2. The lowest BCUT2D eigenvalue weighted by atomic mass is 9.87. The summed E-state index contributed by atoms with van der Waals surface area (Å²) in [6, 6.07) is 0.0345. The number of amides is 1. The van der Waals surface area contributed by atoms with E-state index < -0.39 is 5.91 Å². The van der Waals surface area contributed by atoms with Crippen LogP contribution in [0.1, 0.15) is 37.0 Å². The number of hydrogen-bond donors (Lipinski definition) is 3. The average molecular weight is 337 g/mol. The average Bonchev–Trinajstić information content (AvgIpc) is 3.04. The summed E-state index contributed by atoms with van der Waals surface area (Å²) >= 11 is 0. The molecular weight excluding hydrogens is 314 g/mol. The molecule has 0 spiro atoms. The van der Waals surface area contributed by atoms with Crippen molar-refractivity contribution < 1.29 is 4.79 Å². The zero-order chi connectivity index (χ0) is 18.2. The Morgan fingerprint density at radius 3 is 2.92 bits per heavy atom. The van der Waals surface area contributed by atoms with Crippen molar-refractivity contribution in [2.24, 2.45) is 11.1 Å². The van der Waals surface area contributed by atoms with Crippen LogP contribution in [0.25, 0.3) is 12.2 Å². The Kier molecular flexibility index (Phi) is 4.35. The largest absolute Gasteiger partial charge is 0.360 e. The number of carbonyl (C=O) groups excluding carboxylic acids is 1. The highest BCUT2D eigenvalue weighted by Crippen LogP contribution is 2.47. The van der Waals surface area contributed by atoms with Crippen molar-refractivity contribution in [1.82, 2.24) is 10.3 Å². The number of nitrogens with two attached hydrogens (primary N) is 1. The fourth-order valence-corrected chi connectivity index (χ4v) is 3.68. The molecule has 0 aliphatic heterocycles. The van der Waals surface area contributed by atoms with Crippen LogP contribution in [0.2, 0.25) is 0 Å². The third kappa shape index (κ3) is 2.91. The van der Waals surface area contributed by atoms with Crippen LogP contribution in [0, 0.1) is 5.41 Å². The molecule has 0 bridgehead atoms. The molecule has 2 atom stereocenters. The van der Waals surface area contributed by atoms with Crippen LogP contribution in [0.5, 0.6) is 0 Å². The van der Waals surface area contributed by atoms with Gasteiger partial charge in [0.15, 0.2) is 0 Å². The Hall–Kier alpha value is -2.66. The lowest BCUT2D eigenvalue weighted by Gasteiger charge is -2.18. The second-order valence-corrected chi connectivity index (χ2v) is 6.77.